The molecule has 3 N–H and O–H groups in total. The third-order valence-electron chi connectivity index (χ3n) is 3.82. The molecule has 0 fully saturated rings. The molecule has 0 saturated carbocycles. The number of carbonyl (C=O) groups excluding carboxylic acids is 1. The van der Waals surface area contributed by atoms with Gasteiger partial charge in [0.1, 0.15) is 17.1 Å². The molecule has 2 aromatic carbocycles. The van der Waals surface area contributed by atoms with Crippen LogP contribution in [0.2, 0.25) is 0 Å². The molecule has 0 aliphatic rings. The molecule has 6 nitrogen and oxygen atoms in total. The van der Waals surface area contributed by atoms with Crippen LogP contribution in [0.4, 0.5) is 11.4 Å². The number of fused-ring (bicyclic) bond motifs is 1. The van der Waals surface area contributed by atoms with E-state index in [1.807, 2.05) is 31.2 Å². The number of phenols is 1. The van der Waals surface area contributed by atoms with Crippen LogP contribution in [0.1, 0.15) is 24.2 Å². The van der Waals surface area contributed by atoms with Crippen molar-refractivity contribution in [1.29, 1.82) is 0 Å². The van der Waals surface area contributed by atoms with Crippen molar-refractivity contribution in [3.63, 3.8) is 0 Å². The van der Waals surface area contributed by atoms with Crippen LogP contribution in [0.15, 0.2) is 48.7 Å². The van der Waals surface area contributed by atoms with E-state index in [1.54, 1.807) is 31.3 Å². The number of ether oxygens (including phenoxy) is 2. The summed E-state index contributed by atoms with van der Waals surface area (Å²) in [6, 6.07) is 12.3. The van der Waals surface area contributed by atoms with E-state index in [0.29, 0.717) is 29.3 Å². The van der Waals surface area contributed by atoms with E-state index in [9.17, 15) is 9.90 Å². The van der Waals surface area contributed by atoms with Crippen molar-refractivity contribution in [2.75, 3.05) is 18.5 Å². The van der Waals surface area contributed by atoms with Crippen molar-refractivity contribution in [2.24, 2.45) is 0 Å². The minimum absolute atomic E-state index is 0.134. The van der Waals surface area contributed by atoms with E-state index in [0.717, 1.165) is 10.9 Å². The molecular weight excluding hydrogens is 332 g/mol. The van der Waals surface area contributed by atoms with Gasteiger partial charge in [0.25, 0.3) is 0 Å². The first-order chi connectivity index (χ1) is 12.6. The molecule has 26 heavy (non-hydrogen) atoms. The lowest BCUT2D eigenvalue weighted by Gasteiger charge is -2.13. The number of phenolic OH excluding ortho intramolecular Hbond substituents is 1. The summed E-state index contributed by atoms with van der Waals surface area (Å²) in [6.45, 7) is 4.50. The van der Waals surface area contributed by atoms with Gasteiger partial charge in [-0.1, -0.05) is 6.07 Å². The number of aromatic hydroxyl groups is 1. The smallest absolute Gasteiger partial charge is 0.346 e. The quantitative estimate of drug-likeness (QED) is 0.661. The predicted octanol–water partition coefficient (Wildman–Crippen LogP) is 3.68. The third kappa shape index (κ3) is 3.69. The standard InChI is InChI=1S/C20H20N2O4/c1-3-25-15-8-9-18-16(11-15)19(17(12-21-18)20(24)26-4-2)22-13-6-5-7-14(23)10-13/h5-12,23H,3-4H2,1-2H3,(H,21,22)/p+1. The van der Waals surface area contributed by atoms with E-state index < -0.39 is 5.97 Å². The highest BCUT2D eigenvalue weighted by molar-refractivity contribution is 6.05. The fraction of sp³-hybridized carbons (Fsp3) is 0.200. The van der Waals surface area contributed by atoms with E-state index in [4.69, 9.17) is 9.47 Å². The number of pyridine rings is 1. The molecule has 0 amide bonds. The number of carbonyl (C=O) groups is 1. The Balaban J connectivity index is 2.16. The second-order valence-corrected chi connectivity index (χ2v) is 5.61. The third-order valence-corrected chi connectivity index (χ3v) is 3.82. The zero-order valence-corrected chi connectivity index (χ0v) is 14.7. The molecule has 0 unspecified atom stereocenters. The van der Waals surface area contributed by atoms with Crippen LogP contribution >= 0.6 is 0 Å². The fourth-order valence-electron chi connectivity index (χ4n) is 2.71. The first-order valence-electron chi connectivity index (χ1n) is 8.46. The monoisotopic (exact) mass is 353 g/mol. The molecule has 6 heteroatoms. The summed E-state index contributed by atoms with van der Waals surface area (Å²) in [5, 5.41) is 13.7. The van der Waals surface area contributed by atoms with Crippen LogP contribution in [0.5, 0.6) is 11.5 Å². The van der Waals surface area contributed by atoms with Crippen molar-refractivity contribution in [3.05, 3.63) is 54.2 Å². The number of aromatic amines is 1. The number of hydrogen-bond acceptors (Lipinski definition) is 5. The highest BCUT2D eigenvalue weighted by Gasteiger charge is 2.21. The molecular formula is C20H21N2O4+. The van der Waals surface area contributed by atoms with Crippen LogP contribution in [0.25, 0.3) is 10.9 Å². The van der Waals surface area contributed by atoms with Gasteiger partial charge < -0.3 is 19.9 Å². The number of aromatic nitrogens is 1. The Morgan fingerprint density at radius 3 is 2.73 bits per heavy atom. The number of anilines is 2. The minimum atomic E-state index is -0.435. The van der Waals surface area contributed by atoms with Gasteiger partial charge in [0, 0.05) is 17.8 Å². The van der Waals surface area contributed by atoms with Crippen LogP contribution < -0.4 is 15.0 Å². The maximum atomic E-state index is 12.4. The summed E-state index contributed by atoms with van der Waals surface area (Å²) in [4.78, 5) is 15.5. The highest BCUT2D eigenvalue weighted by Crippen LogP contribution is 2.31. The molecule has 3 rings (SSSR count). The number of hydrogen-bond donors (Lipinski definition) is 2. The molecule has 0 bridgehead atoms. The van der Waals surface area contributed by atoms with Crippen molar-refractivity contribution >= 4 is 28.2 Å². The lowest BCUT2D eigenvalue weighted by molar-refractivity contribution is -0.344. The molecule has 0 aliphatic heterocycles. The zero-order chi connectivity index (χ0) is 18.5. The molecule has 134 valence electrons. The van der Waals surface area contributed by atoms with Crippen LogP contribution in [0, 0.1) is 0 Å². The Morgan fingerprint density at radius 1 is 1.15 bits per heavy atom. The average Bonchev–Trinajstić information content (AvgIpc) is 2.62. The van der Waals surface area contributed by atoms with Gasteiger partial charge in [-0.25, -0.2) is 9.78 Å². The molecule has 0 atom stereocenters. The highest BCUT2D eigenvalue weighted by atomic mass is 16.5. The van der Waals surface area contributed by atoms with Crippen molar-refractivity contribution < 1.29 is 24.4 Å². The summed E-state index contributed by atoms with van der Waals surface area (Å²) in [5.74, 6) is 0.401. The van der Waals surface area contributed by atoms with Crippen LogP contribution in [-0.4, -0.2) is 24.3 Å². The molecule has 0 radical (unpaired) electrons. The number of rotatable bonds is 6. The molecule has 3 aromatic rings. The van der Waals surface area contributed by atoms with E-state index in [-0.39, 0.29) is 12.4 Å². The number of H-pyrrole nitrogens is 1. The average molecular weight is 353 g/mol. The lowest BCUT2D eigenvalue weighted by Crippen LogP contribution is -2.15. The maximum Gasteiger partial charge on any atom is 0.346 e. The topological polar surface area (TPSA) is 81.9 Å². The number of esters is 1. The van der Waals surface area contributed by atoms with Gasteiger partial charge in [-0.2, -0.15) is 0 Å². The summed E-state index contributed by atoms with van der Waals surface area (Å²) < 4.78 is 10.8. The summed E-state index contributed by atoms with van der Waals surface area (Å²) >= 11 is 0. The van der Waals surface area contributed by atoms with Gasteiger partial charge in [-0.05, 0) is 38.1 Å². The van der Waals surface area contributed by atoms with Gasteiger partial charge in [0.15, 0.2) is 6.20 Å². The van der Waals surface area contributed by atoms with Gasteiger partial charge in [0.05, 0.1) is 24.3 Å². The normalized spacial score (nSPS) is 10.5. The fourth-order valence-corrected chi connectivity index (χ4v) is 2.71. The lowest BCUT2D eigenvalue weighted by atomic mass is 10.1. The number of nitrogens with one attached hydrogen (secondary N) is 2. The SMILES string of the molecule is CCOC(=O)c1c[nH+]c2ccc(OCC)cc2c1Nc1cccc(O)c1. The van der Waals surface area contributed by atoms with Crippen molar-refractivity contribution in [1.82, 2.24) is 0 Å². The van der Waals surface area contributed by atoms with Crippen molar-refractivity contribution in [3.8, 4) is 11.5 Å². The molecule has 0 spiro atoms. The van der Waals surface area contributed by atoms with E-state index in [2.05, 4.69) is 10.3 Å². The summed E-state index contributed by atoms with van der Waals surface area (Å²) in [6.07, 6.45) is 1.62. The Morgan fingerprint density at radius 2 is 2.00 bits per heavy atom. The van der Waals surface area contributed by atoms with Gasteiger partial charge >= 0.3 is 5.97 Å². The Hall–Kier alpha value is -3.28. The summed E-state index contributed by atoms with van der Waals surface area (Å²) in [7, 11) is 0. The molecule has 1 aromatic heterocycles. The maximum absolute atomic E-state index is 12.4. The van der Waals surface area contributed by atoms with Gasteiger partial charge in [-0.15, -0.1) is 0 Å². The molecule has 0 aliphatic carbocycles. The molecule has 1 heterocycles. The van der Waals surface area contributed by atoms with E-state index >= 15 is 0 Å². The molecule has 0 saturated heterocycles. The largest absolute Gasteiger partial charge is 0.508 e. The second-order valence-electron chi connectivity index (χ2n) is 5.61. The first kappa shape index (κ1) is 17.5. The van der Waals surface area contributed by atoms with Crippen LogP contribution in [0.3, 0.4) is 0 Å². The van der Waals surface area contributed by atoms with Gasteiger partial charge in [0.2, 0.25) is 5.52 Å². The number of benzene rings is 2. The Bertz CT molecular complexity index is 940. The van der Waals surface area contributed by atoms with Crippen LogP contribution in [-0.2, 0) is 4.74 Å². The minimum Gasteiger partial charge on any atom is -0.508 e. The summed E-state index contributed by atoms with van der Waals surface area (Å²) in [5.41, 5.74) is 2.45. The zero-order valence-electron chi connectivity index (χ0n) is 14.7. The second kappa shape index (κ2) is 7.74. The Labute approximate surface area is 151 Å². The first-order valence-corrected chi connectivity index (χ1v) is 8.46. The Kier molecular flexibility index (Phi) is 5.22. The van der Waals surface area contributed by atoms with E-state index in [1.165, 1.54) is 0 Å². The van der Waals surface area contributed by atoms with Crippen molar-refractivity contribution in [2.45, 2.75) is 13.8 Å². The predicted molar refractivity (Wildman–Crippen MR) is 99.0 cm³/mol. The van der Waals surface area contributed by atoms with Gasteiger partial charge in [-0.3, -0.25) is 0 Å².